The second-order valence-electron chi connectivity index (χ2n) is 8.02. The predicted molar refractivity (Wildman–Crippen MR) is 106 cm³/mol. The molecule has 0 spiro atoms. The highest BCUT2D eigenvalue weighted by molar-refractivity contribution is 5.60. The van der Waals surface area contributed by atoms with Gasteiger partial charge < -0.3 is 9.88 Å². The average molecular weight is 425 g/mol. The van der Waals surface area contributed by atoms with Crippen LogP contribution in [-0.4, -0.2) is 36.1 Å². The Labute approximate surface area is 175 Å². The molecule has 0 amide bonds. The number of pyridine rings is 1. The standard InChI is InChI=1S/C21H18F3N7/c22-21(23,24)13-9-25-20(26-10-13)30-7-5-15-18(28-11-27-15)19(30)16-8-17-14(12-3-4-12)2-1-6-31(17)29-16/h1-2,6,8-12,19H,3-5,7H2,(H,27,28). The highest BCUT2D eigenvalue weighted by atomic mass is 19.4. The highest BCUT2D eigenvalue weighted by Gasteiger charge is 2.36. The van der Waals surface area contributed by atoms with Gasteiger partial charge in [-0.3, -0.25) is 0 Å². The maximum Gasteiger partial charge on any atom is 0.419 e. The van der Waals surface area contributed by atoms with E-state index in [1.807, 2.05) is 21.7 Å². The zero-order chi connectivity index (χ0) is 21.2. The maximum atomic E-state index is 13.0. The quantitative estimate of drug-likeness (QED) is 0.539. The second kappa shape index (κ2) is 6.53. The molecule has 31 heavy (non-hydrogen) atoms. The highest BCUT2D eigenvalue weighted by Crippen LogP contribution is 2.43. The van der Waals surface area contributed by atoms with E-state index in [1.165, 1.54) is 18.4 Å². The van der Waals surface area contributed by atoms with Crippen LogP contribution in [0.15, 0.2) is 43.1 Å². The minimum absolute atomic E-state index is 0.228. The molecule has 10 heteroatoms. The Hall–Kier alpha value is -3.43. The van der Waals surface area contributed by atoms with Crippen molar-refractivity contribution in [2.75, 3.05) is 11.4 Å². The van der Waals surface area contributed by atoms with Crippen LogP contribution in [0.5, 0.6) is 0 Å². The molecule has 0 bridgehead atoms. The second-order valence-corrected chi connectivity index (χ2v) is 8.02. The van der Waals surface area contributed by atoms with E-state index in [4.69, 9.17) is 5.10 Å². The minimum Gasteiger partial charge on any atom is -0.348 e. The zero-order valence-electron chi connectivity index (χ0n) is 16.3. The number of fused-ring (bicyclic) bond motifs is 2. The topological polar surface area (TPSA) is 75.0 Å². The van der Waals surface area contributed by atoms with Crippen LogP contribution in [0.1, 0.15) is 53.0 Å². The Morgan fingerprint density at radius 2 is 1.90 bits per heavy atom. The summed E-state index contributed by atoms with van der Waals surface area (Å²) in [7, 11) is 0. The number of hydrogen-bond donors (Lipinski definition) is 1. The van der Waals surface area contributed by atoms with Gasteiger partial charge in [-0.1, -0.05) is 6.07 Å². The predicted octanol–water partition coefficient (Wildman–Crippen LogP) is 3.90. The normalized spacial score (nSPS) is 19.1. The molecule has 0 aromatic carbocycles. The fraction of sp³-hybridized carbons (Fsp3) is 0.333. The van der Waals surface area contributed by atoms with Gasteiger partial charge in [0.2, 0.25) is 5.95 Å². The molecular formula is C21H18F3N7. The number of halogens is 3. The van der Waals surface area contributed by atoms with Gasteiger partial charge in [0.25, 0.3) is 0 Å². The van der Waals surface area contributed by atoms with Crippen molar-refractivity contribution in [1.82, 2.24) is 29.5 Å². The SMILES string of the molecule is FC(F)(F)c1cnc(N2CCc3[nH]cnc3C2c2cc3c(C4CC4)cccn3n2)nc1. The largest absolute Gasteiger partial charge is 0.419 e. The van der Waals surface area contributed by atoms with Crippen molar-refractivity contribution in [3.8, 4) is 0 Å². The van der Waals surface area contributed by atoms with E-state index in [9.17, 15) is 13.2 Å². The lowest BCUT2D eigenvalue weighted by atomic mass is 9.99. The summed E-state index contributed by atoms with van der Waals surface area (Å²) in [4.78, 5) is 17.6. The number of nitrogens with zero attached hydrogens (tertiary/aromatic N) is 6. The number of nitrogens with one attached hydrogen (secondary N) is 1. The van der Waals surface area contributed by atoms with Gasteiger partial charge in [-0.15, -0.1) is 0 Å². The molecule has 4 aromatic rings. The lowest BCUT2D eigenvalue weighted by Crippen LogP contribution is -2.37. The molecular weight excluding hydrogens is 407 g/mol. The van der Waals surface area contributed by atoms with Crippen LogP contribution in [0.4, 0.5) is 19.1 Å². The van der Waals surface area contributed by atoms with Gasteiger partial charge in [0.05, 0.1) is 28.8 Å². The molecule has 1 saturated carbocycles. The van der Waals surface area contributed by atoms with Crippen LogP contribution in [0.2, 0.25) is 0 Å². The third kappa shape index (κ3) is 3.05. The summed E-state index contributed by atoms with van der Waals surface area (Å²) in [5.41, 5.74) is 4.02. The Morgan fingerprint density at radius 1 is 1.10 bits per heavy atom. The molecule has 1 fully saturated rings. The van der Waals surface area contributed by atoms with Crippen LogP contribution in [0.3, 0.4) is 0 Å². The summed E-state index contributed by atoms with van der Waals surface area (Å²) in [5, 5.41) is 4.80. The van der Waals surface area contributed by atoms with E-state index in [0.29, 0.717) is 18.9 Å². The number of imidazole rings is 1. The lowest BCUT2D eigenvalue weighted by Gasteiger charge is -2.33. The number of aromatic amines is 1. The maximum absolute atomic E-state index is 13.0. The smallest absolute Gasteiger partial charge is 0.348 e. The van der Waals surface area contributed by atoms with Gasteiger partial charge >= 0.3 is 6.18 Å². The van der Waals surface area contributed by atoms with Crippen molar-refractivity contribution >= 4 is 11.5 Å². The summed E-state index contributed by atoms with van der Waals surface area (Å²) in [6.45, 7) is 0.536. The molecule has 5 heterocycles. The van der Waals surface area contributed by atoms with Crippen molar-refractivity contribution in [2.45, 2.75) is 37.4 Å². The first-order chi connectivity index (χ1) is 15.0. The van der Waals surface area contributed by atoms with Crippen molar-refractivity contribution < 1.29 is 13.2 Å². The average Bonchev–Trinajstić information content (AvgIpc) is 3.32. The Morgan fingerprint density at radius 3 is 2.65 bits per heavy atom. The molecule has 158 valence electrons. The number of hydrogen-bond acceptors (Lipinski definition) is 5. The van der Waals surface area contributed by atoms with Gasteiger partial charge in [-0.25, -0.2) is 19.5 Å². The lowest BCUT2D eigenvalue weighted by molar-refractivity contribution is -0.138. The molecule has 2 aliphatic rings. The summed E-state index contributed by atoms with van der Waals surface area (Å²) in [6, 6.07) is 5.79. The fourth-order valence-electron chi connectivity index (χ4n) is 4.34. The van der Waals surface area contributed by atoms with Crippen LogP contribution in [0, 0.1) is 0 Å². The van der Waals surface area contributed by atoms with Crippen LogP contribution >= 0.6 is 0 Å². The van der Waals surface area contributed by atoms with Crippen LogP contribution in [0.25, 0.3) is 5.52 Å². The number of rotatable bonds is 3. The molecule has 1 N–H and O–H groups in total. The van der Waals surface area contributed by atoms with E-state index in [2.05, 4.69) is 32.1 Å². The van der Waals surface area contributed by atoms with E-state index in [-0.39, 0.29) is 5.95 Å². The Bertz CT molecular complexity index is 1250. The van der Waals surface area contributed by atoms with Gasteiger partial charge in [0.1, 0.15) is 6.04 Å². The number of aromatic nitrogens is 6. The van der Waals surface area contributed by atoms with Crippen molar-refractivity contribution in [1.29, 1.82) is 0 Å². The third-order valence-electron chi connectivity index (χ3n) is 6.00. The van der Waals surface area contributed by atoms with Crippen LogP contribution < -0.4 is 4.90 Å². The Kier molecular flexibility index (Phi) is 3.87. The van der Waals surface area contributed by atoms with Crippen molar-refractivity contribution in [3.05, 3.63) is 71.3 Å². The molecule has 1 aliphatic carbocycles. The van der Waals surface area contributed by atoms with E-state index in [0.717, 1.165) is 35.0 Å². The molecule has 7 nitrogen and oxygen atoms in total. The first kappa shape index (κ1) is 18.3. The van der Waals surface area contributed by atoms with Crippen molar-refractivity contribution in [2.24, 2.45) is 0 Å². The van der Waals surface area contributed by atoms with E-state index >= 15 is 0 Å². The minimum atomic E-state index is -4.48. The van der Waals surface area contributed by atoms with Gasteiger partial charge in [0.15, 0.2) is 0 Å². The summed E-state index contributed by atoms with van der Waals surface area (Å²) in [6.07, 6.45) is 3.75. The number of anilines is 1. The van der Waals surface area contributed by atoms with Crippen LogP contribution in [-0.2, 0) is 12.6 Å². The summed E-state index contributed by atoms with van der Waals surface area (Å²) < 4.78 is 40.8. The number of alkyl halides is 3. The molecule has 0 saturated heterocycles. The Balaban J connectivity index is 1.46. The molecule has 1 unspecified atom stereocenters. The van der Waals surface area contributed by atoms with E-state index < -0.39 is 17.8 Å². The summed E-state index contributed by atoms with van der Waals surface area (Å²) in [5.74, 6) is 0.793. The summed E-state index contributed by atoms with van der Waals surface area (Å²) >= 11 is 0. The first-order valence-electron chi connectivity index (χ1n) is 10.2. The molecule has 6 rings (SSSR count). The van der Waals surface area contributed by atoms with Crippen molar-refractivity contribution in [3.63, 3.8) is 0 Å². The monoisotopic (exact) mass is 425 g/mol. The molecule has 1 atom stereocenters. The van der Waals surface area contributed by atoms with Gasteiger partial charge in [0, 0.05) is 37.3 Å². The third-order valence-corrected chi connectivity index (χ3v) is 6.00. The van der Waals surface area contributed by atoms with Gasteiger partial charge in [-0.05, 0) is 36.5 Å². The molecule has 1 aliphatic heterocycles. The number of H-pyrrole nitrogens is 1. The fourth-order valence-corrected chi connectivity index (χ4v) is 4.34. The first-order valence-corrected chi connectivity index (χ1v) is 10.2. The zero-order valence-corrected chi connectivity index (χ0v) is 16.3. The van der Waals surface area contributed by atoms with Gasteiger partial charge in [-0.2, -0.15) is 18.3 Å². The van der Waals surface area contributed by atoms with E-state index in [1.54, 1.807) is 6.33 Å². The molecule has 0 radical (unpaired) electrons. The molecule has 4 aromatic heterocycles.